The molecule has 8 nitrogen and oxygen atoms in total. The highest BCUT2D eigenvalue weighted by molar-refractivity contribution is 6.03. The van der Waals surface area contributed by atoms with Crippen LogP contribution in [0.3, 0.4) is 0 Å². The van der Waals surface area contributed by atoms with Crippen molar-refractivity contribution >= 4 is 17.3 Å². The quantitative estimate of drug-likeness (QED) is 0.560. The van der Waals surface area contributed by atoms with Gasteiger partial charge in [-0.15, -0.1) is 0 Å². The highest BCUT2D eigenvalue weighted by Gasteiger charge is 2.30. The average Bonchev–Trinajstić information content (AvgIpc) is 3.08. The summed E-state index contributed by atoms with van der Waals surface area (Å²) in [5.74, 6) is 1.36. The number of aromatic nitrogens is 2. The van der Waals surface area contributed by atoms with E-state index in [0.717, 1.165) is 39.8 Å². The van der Waals surface area contributed by atoms with Gasteiger partial charge in [-0.3, -0.25) is 14.8 Å². The minimum absolute atomic E-state index is 0.0556. The van der Waals surface area contributed by atoms with E-state index in [1.54, 1.807) is 33.3 Å². The van der Waals surface area contributed by atoms with Gasteiger partial charge in [-0.2, -0.15) is 0 Å². The van der Waals surface area contributed by atoms with Crippen LogP contribution in [-0.4, -0.2) is 49.2 Å². The molecule has 172 valence electrons. The van der Waals surface area contributed by atoms with Crippen LogP contribution in [0.4, 0.5) is 11.4 Å². The molecule has 1 N–H and O–H groups in total. The predicted molar refractivity (Wildman–Crippen MR) is 125 cm³/mol. The van der Waals surface area contributed by atoms with Crippen LogP contribution in [0.2, 0.25) is 0 Å². The Morgan fingerprint density at radius 3 is 2.45 bits per heavy atom. The monoisotopic (exact) mass is 448 g/mol. The molecular weight excluding hydrogens is 420 g/mol. The van der Waals surface area contributed by atoms with Crippen molar-refractivity contribution < 1.29 is 19.0 Å². The van der Waals surface area contributed by atoms with Crippen molar-refractivity contribution in [1.82, 2.24) is 14.9 Å². The lowest BCUT2D eigenvalue weighted by Crippen LogP contribution is -2.18. The molecule has 0 radical (unpaired) electrons. The number of pyridine rings is 2. The molecule has 33 heavy (non-hydrogen) atoms. The number of methoxy groups -OCH3 is 3. The summed E-state index contributed by atoms with van der Waals surface area (Å²) in [6, 6.07) is 11.6. The van der Waals surface area contributed by atoms with E-state index in [4.69, 9.17) is 19.2 Å². The fourth-order valence-electron chi connectivity index (χ4n) is 4.03. The maximum Gasteiger partial charge on any atom is 0.257 e. The van der Waals surface area contributed by atoms with Crippen LogP contribution in [0, 0.1) is 6.92 Å². The van der Waals surface area contributed by atoms with Gasteiger partial charge in [-0.1, -0.05) is 6.07 Å². The summed E-state index contributed by atoms with van der Waals surface area (Å²) in [7, 11) is 6.69. The van der Waals surface area contributed by atoms with E-state index in [1.807, 2.05) is 43.3 Å². The Bertz CT molecular complexity index is 1200. The first-order chi connectivity index (χ1) is 15.9. The topological polar surface area (TPSA) is 85.8 Å². The number of benzene rings is 1. The lowest BCUT2D eigenvalue weighted by Gasteiger charge is -2.16. The fourth-order valence-corrected chi connectivity index (χ4v) is 4.03. The summed E-state index contributed by atoms with van der Waals surface area (Å²) in [6.07, 6.45) is 0.536. The summed E-state index contributed by atoms with van der Waals surface area (Å²) >= 11 is 0. The van der Waals surface area contributed by atoms with Gasteiger partial charge in [0.15, 0.2) is 0 Å². The van der Waals surface area contributed by atoms with Crippen molar-refractivity contribution in [3.63, 3.8) is 0 Å². The van der Waals surface area contributed by atoms with Crippen molar-refractivity contribution in [3.05, 3.63) is 70.3 Å². The second kappa shape index (κ2) is 9.46. The first-order valence-corrected chi connectivity index (χ1v) is 10.6. The van der Waals surface area contributed by atoms with Crippen LogP contribution < -0.4 is 14.8 Å². The number of carbonyl (C=O) groups is 1. The third-order valence-corrected chi connectivity index (χ3v) is 5.62. The third-order valence-electron chi connectivity index (χ3n) is 5.62. The molecule has 2 aromatic heterocycles. The molecule has 3 heterocycles. The van der Waals surface area contributed by atoms with E-state index in [9.17, 15) is 4.79 Å². The first kappa shape index (κ1) is 22.5. The maximum absolute atomic E-state index is 12.9. The van der Waals surface area contributed by atoms with Crippen molar-refractivity contribution in [2.75, 3.05) is 33.7 Å². The van der Waals surface area contributed by atoms with Crippen LogP contribution in [0.25, 0.3) is 0 Å². The lowest BCUT2D eigenvalue weighted by molar-refractivity contribution is 0.0817. The van der Waals surface area contributed by atoms with Gasteiger partial charge in [0.05, 0.1) is 55.7 Å². The molecule has 0 saturated heterocycles. The number of nitrogens with one attached hydrogen (secondary N) is 1. The van der Waals surface area contributed by atoms with Crippen LogP contribution in [0.1, 0.15) is 38.7 Å². The summed E-state index contributed by atoms with van der Waals surface area (Å²) in [5.41, 5.74) is 6.33. The average molecular weight is 449 g/mol. The molecule has 0 atom stereocenters. The van der Waals surface area contributed by atoms with Crippen molar-refractivity contribution in [1.29, 1.82) is 0 Å². The number of amides is 1. The molecule has 4 rings (SSSR count). The molecule has 0 saturated carbocycles. The Kier molecular flexibility index (Phi) is 6.46. The Morgan fingerprint density at radius 2 is 1.76 bits per heavy atom. The molecule has 0 unspecified atom stereocenters. The number of aryl methyl sites for hydroxylation is 1. The molecule has 0 bridgehead atoms. The number of hydrogen-bond acceptors (Lipinski definition) is 7. The van der Waals surface area contributed by atoms with Gasteiger partial charge in [0, 0.05) is 32.0 Å². The summed E-state index contributed by atoms with van der Waals surface area (Å²) in [5, 5.41) is 3.41. The summed E-state index contributed by atoms with van der Waals surface area (Å²) in [4.78, 5) is 23.9. The molecule has 1 aliphatic heterocycles. The number of hydrogen-bond donors (Lipinski definition) is 1. The van der Waals surface area contributed by atoms with Crippen LogP contribution in [-0.2, 0) is 24.3 Å². The molecule has 8 heteroatoms. The van der Waals surface area contributed by atoms with E-state index >= 15 is 0 Å². The molecule has 1 amide bonds. The second-order valence-corrected chi connectivity index (χ2v) is 8.00. The van der Waals surface area contributed by atoms with Crippen molar-refractivity contribution in [3.8, 4) is 11.5 Å². The van der Waals surface area contributed by atoms with Gasteiger partial charge in [-0.25, -0.2) is 0 Å². The normalized spacial score (nSPS) is 12.6. The number of nitrogens with zero attached hydrogens (tertiary/aromatic N) is 3. The zero-order chi connectivity index (χ0) is 23.5. The van der Waals surface area contributed by atoms with Gasteiger partial charge in [0.25, 0.3) is 5.91 Å². The Hall–Kier alpha value is -3.65. The van der Waals surface area contributed by atoms with Crippen LogP contribution in [0.15, 0.2) is 36.4 Å². The Balaban J connectivity index is 1.71. The van der Waals surface area contributed by atoms with Gasteiger partial charge < -0.3 is 24.4 Å². The highest BCUT2D eigenvalue weighted by Crippen LogP contribution is 2.34. The van der Waals surface area contributed by atoms with E-state index in [2.05, 4.69) is 10.3 Å². The minimum Gasteiger partial charge on any atom is -0.495 e. The fraction of sp³-hybridized carbons (Fsp3) is 0.320. The second-order valence-electron chi connectivity index (χ2n) is 8.00. The number of rotatable bonds is 8. The summed E-state index contributed by atoms with van der Waals surface area (Å²) < 4.78 is 16.1. The number of fused-ring (bicyclic) bond motifs is 1. The van der Waals surface area contributed by atoms with Crippen LogP contribution >= 0.6 is 0 Å². The molecule has 1 aliphatic rings. The number of ether oxygens (including phenoxy) is 3. The molecule has 0 fully saturated rings. The standard InChI is InChI=1S/C25H28N4O4/c1-15-22(32-4)9-7-17(26-15)11-18-12-20(24-21(27-18)13-29(2)25(24)30)28-19-8-6-16(14-31-3)10-23(19)33-5/h6-10,12H,11,13-14H2,1-5H3,(H,27,28). The van der Waals surface area contributed by atoms with E-state index in [0.29, 0.717) is 36.6 Å². The largest absolute Gasteiger partial charge is 0.495 e. The SMILES string of the molecule is COCc1ccc(Nc2cc(Cc3ccc(OC)c(C)n3)nc3c2C(=O)N(C)C3)c(OC)c1. The van der Waals surface area contributed by atoms with Crippen molar-refractivity contribution in [2.24, 2.45) is 0 Å². The first-order valence-electron chi connectivity index (χ1n) is 10.6. The number of anilines is 2. The van der Waals surface area contributed by atoms with Gasteiger partial charge in [0.2, 0.25) is 0 Å². The third kappa shape index (κ3) is 4.61. The Labute approximate surface area is 193 Å². The van der Waals surface area contributed by atoms with Gasteiger partial charge in [-0.05, 0) is 42.8 Å². The van der Waals surface area contributed by atoms with Gasteiger partial charge in [0.1, 0.15) is 11.5 Å². The van der Waals surface area contributed by atoms with Crippen LogP contribution in [0.5, 0.6) is 11.5 Å². The molecular formula is C25H28N4O4. The zero-order valence-corrected chi connectivity index (χ0v) is 19.6. The highest BCUT2D eigenvalue weighted by atomic mass is 16.5. The van der Waals surface area contributed by atoms with E-state index < -0.39 is 0 Å². The minimum atomic E-state index is -0.0556. The number of carbonyl (C=O) groups excluding carboxylic acids is 1. The van der Waals surface area contributed by atoms with Gasteiger partial charge >= 0.3 is 0 Å². The summed E-state index contributed by atoms with van der Waals surface area (Å²) in [6.45, 7) is 2.87. The van der Waals surface area contributed by atoms with E-state index in [-0.39, 0.29) is 5.91 Å². The maximum atomic E-state index is 12.9. The molecule has 0 aliphatic carbocycles. The smallest absolute Gasteiger partial charge is 0.257 e. The molecule has 0 spiro atoms. The van der Waals surface area contributed by atoms with Crippen molar-refractivity contribution in [2.45, 2.75) is 26.5 Å². The predicted octanol–water partition coefficient (Wildman–Crippen LogP) is 3.87. The van der Waals surface area contributed by atoms with E-state index in [1.165, 1.54) is 0 Å². The Morgan fingerprint density at radius 1 is 0.970 bits per heavy atom. The molecule has 3 aromatic rings. The lowest BCUT2D eigenvalue weighted by atomic mass is 10.1. The zero-order valence-electron chi connectivity index (χ0n) is 19.6. The molecule has 1 aromatic carbocycles.